The fourth-order valence-corrected chi connectivity index (χ4v) is 2.46. The van der Waals surface area contributed by atoms with E-state index in [1.54, 1.807) is 30.7 Å². The van der Waals surface area contributed by atoms with E-state index in [4.69, 9.17) is 0 Å². The van der Waals surface area contributed by atoms with Crippen LogP contribution < -0.4 is 5.32 Å². The molecule has 5 heteroatoms. The molecule has 4 nitrogen and oxygen atoms in total. The molecule has 1 N–H and O–H groups in total. The topological polar surface area (TPSA) is 46.9 Å². The molecule has 0 radical (unpaired) electrons. The first kappa shape index (κ1) is 15.9. The zero-order valence-electron chi connectivity index (χ0n) is 13.3. The molecular weight excluding hydrogens is 305 g/mol. The largest absolute Gasteiger partial charge is 0.350 e. The molecule has 0 saturated heterocycles. The average Bonchev–Trinajstić information content (AvgIpc) is 3.15. The van der Waals surface area contributed by atoms with Crippen molar-refractivity contribution >= 4 is 5.91 Å². The molecule has 2 aromatic carbocycles. The van der Waals surface area contributed by atoms with E-state index in [0.29, 0.717) is 12.1 Å². The number of carbonyl (C=O) groups excluding carboxylic acids is 1. The molecule has 122 valence electrons. The average molecular weight is 323 g/mol. The third kappa shape index (κ3) is 3.68. The second kappa shape index (κ2) is 7.08. The molecule has 0 unspecified atom stereocenters. The number of nitrogens with one attached hydrogen (secondary N) is 1. The van der Waals surface area contributed by atoms with Gasteiger partial charge in [-0.25, -0.2) is 9.37 Å². The lowest BCUT2D eigenvalue weighted by molar-refractivity contribution is 0.0948. The fraction of sp³-hybridized carbons (Fsp3) is 0.158. The molecule has 1 atom stereocenters. The highest BCUT2D eigenvalue weighted by atomic mass is 19.1. The maximum Gasteiger partial charge on any atom is 0.251 e. The molecule has 3 aromatic rings. The molecule has 0 fully saturated rings. The third-order valence-electron chi connectivity index (χ3n) is 3.89. The lowest BCUT2D eigenvalue weighted by Gasteiger charge is -2.14. The summed E-state index contributed by atoms with van der Waals surface area (Å²) in [7, 11) is 0. The number of carbonyl (C=O) groups is 1. The van der Waals surface area contributed by atoms with Gasteiger partial charge in [0.05, 0.1) is 6.33 Å². The van der Waals surface area contributed by atoms with Gasteiger partial charge in [-0.1, -0.05) is 24.3 Å². The van der Waals surface area contributed by atoms with Crippen LogP contribution in [-0.4, -0.2) is 22.0 Å². The van der Waals surface area contributed by atoms with E-state index in [1.165, 1.54) is 12.1 Å². The van der Waals surface area contributed by atoms with Gasteiger partial charge in [0, 0.05) is 30.5 Å². The van der Waals surface area contributed by atoms with Gasteiger partial charge in [0.1, 0.15) is 5.82 Å². The van der Waals surface area contributed by atoms with E-state index >= 15 is 0 Å². The molecule has 0 aliphatic carbocycles. The van der Waals surface area contributed by atoms with Crippen LogP contribution in [0, 0.1) is 5.82 Å². The van der Waals surface area contributed by atoms with E-state index in [0.717, 1.165) is 11.1 Å². The van der Waals surface area contributed by atoms with Crippen molar-refractivity contribution in [1.29, 1.82) is 0 Å². The number of imidazole rings is 1. The summed E-state index contributed by atoms with van der Waals surface area (Å²) in [5.41, 5.74) is 2.33. The first-order chi connectivity index (χ1) is 11.6. The Morgan fingerprint density at radius 3 is 2.71 bits per heavy atom. The molecule has 0 aliphatic rings. The normalized spacial score (nSPS) is 11.9. The minimum atomic E-state index is -0.277. The van der Waals surface area contributed by atoms with Crippen LogP contribution in [-0.2, 0) is 0 Å². The van der Waals surface area contributed by atoms with Gasteiger partial charge >= 0.3 is 0 Å². The Balaban J connectivity index is 1.69. The minimum absolute atomic E-state index is 0.122. The first-order valence-corrected chi connectivity index (χ1v) is 7.75. The number of amides is 1. The zero-order valence-corrected chi connectivity index (χ0v) is 13.3. The number of nitrogens with zero attached hydrogens (tertiary/aromatic N) is 2. The molecule has 0 saturated carbocycles. The fourth-order valence-electron chi connectivity index (χ4n) is 2.46. The molecule has 24 heavy (non-hydrogen) atoms. The number of rotatable bonds is 5. The van der Waals surface area contributed by atoms with Crippen molar-refractivity contribution in [2.45, 2.75) is 13.0 Å². The highest BCUT2D eigenvalue weighted by Crippen LogP contribution is 2.20. The van der Waals surface area contributed by atoms with Crippen molar-refractivity contribution < 1.29 is 9.18 Å². The molecule has 0 aliphatic heterocycles. The number of hydrogen-bond donors (Lipinski definition) is 1. The molecule has 3 rings (SSSR count). The van der Waals surface area contributed by atoms with Crippen LogP contribution in [0.5, 0.6) is 0 Å². The molecule has 1 heterocycles. The van der Waals surface area contributed by atoms with E-state index in [2.05, 4.69) is 10.3 Å². The summed E-state index contributed by atoms with van der Waals surface area (Å²) in [6.07, 6.45) is 5.31. The SMILES string of the molecule is C[C@H](CNC(=O)c1cccc(-c2ccc(F)cc2)c1)n1ccnc1. The Labute approximate surface area is 140 Å². The maximum absolute atomic E-state index is 13.0. The highest BCUT2D eigenvalue weighted by Gasteiger charge is 2.10. The molecule has 0 bridgehead atoms. The van der Waals surface area contributed by atoms with Gasteiger partial charge in [-0.3, -0.25) is 4.79 Å². The predicted molar refractivity (Wildman–Crippen MR) is 91.1 cm³/mol. The molecule has 1 aromatic heterocycles. The number of aromatic nitrogens is 2. The quantitative estimate of drug-likeness (QED) is 0.778. The zero-order chi connectivity index (χ0) is 16.9. The maximum atomic E-state index is 13.0. The smallest absolute Gasteiger partial charge is 0.251 e. The van der Waals surface area contributed by atoms with Gasteiger partial charge < -0.3 is 9.88 Å². The second-order valence-corrected chi connectivity index (χ2v) is 5.66. The third-order valence-corrected chi connectivity index (χ3v) is 3.89. The molecule has 0 spiro atoms. The standard InChI is InChI=1S/C19H18FN3O/c1-14(23-10-9-21-13-23)12-22-19(24)17-4-2-3-16(11-17)15-5-7-18(20)8-6-15/h2-11,13-14H,12H2,1H3,(H,22,24)/t14-/m1/s1. The van der Waals surface area contributed by atoms with Crippen molar-refractivity contribution in [3.8, 4) is 11.1 Å². The first-order valence-electron chi connectivity index (χ1n) is 7.75. The summed E-state index contributed by atoms with van der Waals surface area (Å²) in [6.45, 7) is 2.52. The number of hydrogen-bond acceptors (Lipinski definition) is 2. The highest BCUT2D eigenvalue weighted by molar-refractivity contribution is 5.95. The van der Waals surface area contributed by atoms with Crippen molar-refractivity contribution in [2.75, 3.05) is 6.54 Å². The summed E-state index contributed by atoms with van der Waals surface area (Å²) in [4.78, 5) is 16.4. The Bertz CT molecular complexity index is 813. The lowest BCUT2D eigenvalue weighted by Crippen LogP contribution is -2.29. The van der Waals surface area contributed by atoms with E-state index in [-0.39, 0.29) is 17.8 Å². The van der Waals surface area contributed by atoms with E-state index in [1.807, 2.05) is 35.9 Å². The van der Waals surface area contributed by atoms with Crippen molar-refractivity contribution in [3.05, 3.63) is 78.6 Å². The van der Waals surface area contributed by atoms with Crippen LogP contribution in [0.4, 0.5) is 4.39 Å². The van der Waals surface area contributed by atoms with Crippen LogP contribution in [0.3, 0.4) is 0 Å². The van der Waals surface area contributed by atoms with Crippen LogP contribution in [0.15, 0.2) is 67.3 Å². The second-order valence-electron chi connectivity index (χ2n) is 5.66. The summed E-state index contributed by atoms with van der Waals surface area (Å²) in [5.74, 6) is -0.410. The van der Waals surface area contributed by atoms with Crippen LogP contribution >= 0.6 is 0 Å². The van der Waals surface area contributed by atoms with E-state index < -0.39 is 0 Å². The Morgan fingerprint density at radius 2 is 2.00 bits per heavy atom. The van der Waals surface area contributed by atoms with Gasteiger partial charge in [0.15, 0.2) is 0 Å². The Kier molecular flexibility index (Phi) is 4.70. The van der Waals surface area contributed by atoms with Crippen LogP contribution in [0.1, 0.15) is 23.3 Å². The van der Waals surface area contributed by atoms with Crippen molar-refractivity contribution in [1.82, 2.24) is 14.9 Å². The summed E-state index contributed by atoms with van der Waals surface area (Å²) >= 11 is 0. The van der Waals surface area contributed by atoms with Gasteiger partial charge in [0.2, 0.25) is 0 Å². The van der Waals surface area contributed by atoms with Crippen molar-refractivity contribution in [3.63, 3.8) is 0 Å². The Hall–Kier alpha value is -2.95. The number of benzene rings is 2. The van der Waals surface area contributed by atoms with Gasteiger partial charge in [-0.15, -0.1) is 0 Å². The van der Waals surface area contributed by atoms with Crippen LogP contribution in [0.2, 0.25) is 0 Å². The van der Waals surface area contributed by atoms with Gasteiger partial charge in [-0.05, 0) is 42.3 Å². The molecular formula is C19H18FN3O. The van der Waals surface area contributed by atoms with Crippen molar-refractivity contribution in [2.24, 2.45) is 0 Å². The molecule has 1 amide bonds. The lowest BCUT2D eigenvalue weighted by atomic mass is 10.0. The minimum Gasteiger partial charge on any atom is -0.350 e. The summed E-state index contributed by atoms with van der Waals surface area (Å²) < 4.78 is 15.0. The summed E-state index contributed by atoms with van der Waals surface area (Å²) in [6, 6.07) is 13.7. The monoisotopic (exact) mass is 323 g/mol. The predicted octanol–water partition coefficient (Wildman–Crippen LogP) is 3.68. The van der Waals surface area contributed by atoms with Crippen LogP contribution in [0.25, 0.3) is 11.1 Å². The number of halogens is 1. The van der Waals surface area contributed by atoms with E-state index in [9.17, 15) is 9.18 Å². The van der Waals surface area contributed by atoms with Gasteiger partial charge in [-0.2, -0.15) is 0 Å². The Morgan fingerprint density at radius 1 is 1.21 bits per heavy atom. The summed E-state index contributed by atoms with van der Waals surface area (Å²) in [5, 5.41) is 2.93. The van der Waals surface area contributed by atoms with Gasteiger partial charge in [0.25, 0.3) is 5.91 Å².